The molecule has 1 saturated heterocycles. The van der Waals surface area contributed by atoms with Gasteiger partial charge in [-0.05, 0) is 43.6 Å². The quantitative estimate of drug-likeness (QED) is 0.679. The molecular weight excluding hydrogens is 272 g/mol. The van der Waals surface area contributed by atoms with E-state index in [1.165, 1.54) is 12.7 Å². The summed E-state index contributed by atoms with van der Waals surface area (Å²) in [5, 5.41) is 0. The topological polar surface area (TPSA) is 55.6 Å². The van der Waals surface area contributed by atoms with Crippen molar-refractivity contribution >= 4 is 23.2 Å². The summed E-state index contributed by atoms with van der Waals surface area (Å²) in [7, 11) is 1.39. The minimum Gasteiger partial charge on any atom is -0.465 e. The average Bonchev–Trinajstić information content (AvgIpc) is 2.48. The highest BCUT2D eigenvalue weighted by atomic mass is 32.1. The Morgan fingerprint density at radius 1 is 1.35 bits per heavy atom. The number of rotatable bonds is 4. The van der Waals surface area contributed by atoms with E-state index in [-0.39, 0.29) is 5.97 Å². The molecule has 1 fully saturated rings. The van der Waals surface area contributed by atoms with Crippen LogP contribution < -0.4 is 5.73 Å². The highest BCUT2D eigenvalue weighted by Gasteiger charge is 2.20. The van der Waals surface area contributed by atoms with Crippen molar-refractivity contribution in [2.75, 3.05) is 20.2 Å². The van der Waals surface area contributed by atoms with Gasteiger partial charge in [0.05, 0.1) is 17.7 Å². The monoisotopic (exact) mass is 292 g/mol. The Labute approximate surface area is 124 Å². The van der Waals surface area contributed by atoms with Gasteiger partial charge in [-0.25, -0.2) is 4.79 Å². The van der Waals surface area contributed by atoms with Gasteiger partial charge in [0, 0.05) is 12.5 Å². The fraction of sp³-hybridized carbons (Fsp3) is 0.467. The molecule has 108 valence electrons. The number of benzene rings is 1. The van der Waals surface area contributed by atoms with Crippen LogP contribution in [-0.2, 0) is 11.3 Å². The van der Waals surface area contributed by atoms with E-state index >= 15 is 0 Å². The lowest BCUT2D eigenvalue weighted by Crippen LogP contribution is -2.37. The molecule has 0 bridgehead atoms. The molecule has 1 aromatic rings. The molecular formula is C15H20N2O2S. The lowest BCUT2D eigenvalue weighted by Gasteiger charge is -2.31. The molecule has 0 spiro atoms. The number of piperidine rings is 1. The number of nitrogens with zero attached hydrogens (tertiary/aromatic N) is 1. The Balaban J connectivity index is 1.88. The molecule has 5 heteroatoms. The number of likely N-dealkylation sites (tertiary alicyclic amines) is 1. The molecule has 1 aliphatic rings. The van der Waals surface area contributed by atoms with E-state index in [4.69, 9.17) is 18.0 Å². The van der Waals surface area contributed by atoms with E-state index in [0.717, 1.165) is 32.5 Å². The third kappa shape index (κ3) is 3.77. The van der Waals surface area contributed by atoms with Crippen LogP contribution in [0.1, 0.15) is 28.8 Å². The highest BCUT2D eigenvalue weighted by Crippen LogP contribution is 2.19. The summed E-state index contributed by atoms with van der Waals surface area (Å²) < 4.78 is 4.69. The zero-order chi connectivity index (χ0) is 14.5. The third-order valence-corrected chi connectivity index (χ3v) is 4.10. The van der Waals surface area contributed by atoms with E-state index in [1.54, 1.807) is 0 Å². The highest BCUT2D eigenvalue weighted by molar-refractivity contribution is 7.80. The average molecular weight is 292 g/mol. The van der Waals surface area contributed by atoms with Crippen molar-refractivity contribution in [1.82, 2.24) is 4.90 Å². The minimum atomic E-state index is -0.297. The summed E-state index contributed by atoms with van der Waals surface area (Å²) in [5.41, 5.74) is 7.48. The first-order valence-corrected chi connectivity index (χ1v) is 7.20. The van der Waals surface area contributed by atoms with Gasteiger partial charge < -0.3 is 10.5 Å². The number of esters is 1. The van der Waals surface area contributed by atoms with Crippen LogP contribution in [0.25, 0.3) is 0 Å². The zero-order valence-corrected chi connectivity index (χ0v) is 12.5. The number of thiocarbonyl (C=S) groups is 1. The van der Waals surface area contributed by atoms with Gasteiger partial charge in [0.1, 0.15) is 0 Å². The van der Waals surface area contributed by atoms with Crippen molar-refractivity contribution in [2.24, 2.45) is 11.7 Å². The molecule has 0 atom stereocenters. The second-order valence-corrected chi connectivity index (χ2v) is 5.61. The number of carbonyl (C=O) groups is 1. The standard InChI is InChI=1S/C15H20N2O2S/c1-19-15(18)13-4-2-11(3-5-13)10-17-8-6-12(7-9-17)14(16)20/h2-5,12H,6-10H2,1H3,(H2,16,20). The molecule has 2 N–H and O–H groups in total. The smallest absolute Gasteiger partial charge is 0.337 e. The molecule has 1 aromatic carbocycles. The van der Waals surface area contributed by atoms with Crippen LogP contribution in [0.4, 0.5) is 0 Å². The van der Waals surface area contributed by atoms with E-state index in [1.807, 2.05) is 24.3 Å². The van der Waals surface area contributed by atoms with Crippen LogP contribution in [0.3, 0.4) is 0 Å². The number of nitrogens with two attached hydrogens (primary N) is 1. The lowest BCUT2D eigenvalue weighted by atomic mass is 9.96. The Morgan fingerprint density at radius 2 is 1.95 bits per heavy atom. The Kier molecular flexibility index (Phi) is 5.09. The lowest BCUT2D eigenvalue weighted by molar-refractivity contribution is 0.0600. The second kappa shape index (κ2) is 6.81. The molecule has 4 nitrogen and oxygen atoms in total. The summed E-state index contributed by atoms with van der Waals surface area (Å²) in [6.45, 7) is 2.92. The van der Waals surface area contributed by atoms with Crippen LogP contribution in [0.5, 0.6) is 0 Å². The van der Waals surface area contributed by atoms with Crippen molar-refractivity contribution in [1.29, 1.82) is 0 Å². The maximum atomic E-state index is 11.4. The summed E-state index contributed by atoms with van der Waals surface area (Å²) in [4.78, 5) is 14.4. The first-order chi connectivity index (χ1) is 9.60. The summed E-state index contributed by atoms with van der Waals surface area (Å²) in [5.74, 6) is 0.0942. The number of ether oxygens (including phenoxy) is 1. The first-order valence-electron chi connectivity index (χ1n) is 6.79. The Bertz CT molecular complexity index is 479. The van der Waals surface area contributed by atoms with Gasteiger partial charge in [0.2, 0.25) is 0 Å². The van der Waals surface area contributed by atoms with Crippen molar-refractivity contribution in [3.05, 3.63) is 35.4 Å². The SMILES string of the molecule is COC(=O)c1ccc(CN2CCC(C(N)=S)CC2)cc1. The summed E-state index contributed by atoms with van der Waals surface area (Å²) in [6.07, 6.45) is 2.07. The molecule has 0 amide bonds. The van der Waals surface area contributed by atoms with Crippen LogP contribution in [0.15, 0.2) is 24.3 Å². The van der Waals surface area contributed by atoms with Crippen LogP contribution in [0, 0.1) is 5.92 Å². The normalized spacial score (nSPS) is 16.9. The predicted octanol–water partition coefficient (Wildman–Crippen LogP) is 1.97. The van der Waals surface area contributed by atoms with Gasteiger partial charge in [0.15, 0.2) is 0 Å². The van der Waals surface area contributed by atoms with Crippen molar-refractivity contribution in [2.45, 2.75) is 19.4 Å². The number of hydrogen-bond acceptors (Lipinski definition) is 4. The number of carbonyl (C=O) groups excluding carboxylic acids is 1. The van der Waals surface area contributed by atoms with Crippen molar-refractivity contribution < 1.29 is 9.53 Å². The van der Waals surface area contributed by atoms with E-state index in [0.29, 0.717) is 16.5 Å². The van der Waals surface area contributed by atoms with Gasteiger partial charge in [-0.3, -0.25) is 4.90 Å². The van der Waals surface area contributed by atoms with E-state index < -0.39 is 0 Å². The Morgan fingerprint density at radius 3 is 2.45 bits per heavy atom. The molecule has 0 unspecified atom stereocenters. The molecule has 0 aliphatic carbocycles. The van der Waals surface area contributed by atoms with E-state index in [2.05, 4.69) is 9.64 Å². The third-order valence-electron chi connectivity index (χ3n) is 3.77. The van der Waals surface area contributed by atoms with Gasteiger partial charge in [0.25, 0.3) is 0 Å². The number of methoxy groups -OCH3 is 1. The summed E-state index contributed by atoms with van der Waals surface area (Å²) in [6, 6.07) is 7.57. The van der Waals surface area contributed by atoms with Crippen LogP contribution >= 0.6 is 12.2 Å². The van der Waals surface area contributed by atoms with Crippen molar-refractivity contribution in [3.8, 4) is 0 Å². The van der Waals surface area contributed by atoms with Gasteiger partial charge in [-0.1, -0.05) is 24.4 Å². The fourth-order valence-corrected chi connectivity index (χ4v) is 2.73. The number of hydrogen-bond donors (Lipinski definition) is 1. The molecule has 0 radical (unpaired) electrons. The molecule has 0 saturated carbocycles. The van der Waals surface area contributed by atoms with Crippen molar-refractivity contribution in [3.63, 3.8) is 0 Å². The molecule has 20 heavy (non-hydrogen) atoms. The predicted molar refractivity (Wildman–Crippen MR) is 82.6 cm³/mol. The van der Waals surface area contributed by atoms with Crippen LogP contribution in [-0.4, -0.2) is 36.1 Å². The second-order valence-electron chi connectivity index (χ2n) is 5.14. The van der Waals surface area contributed by atoms with Gasteiger partial charge in [-0.2, -0.15) is 0 Å². The molecule has 2 rings (SSSR count). The fourth-order valence-electron chi connectivity index (χ4n) is 2.50. The zero-order valence-electron chi connectivity index (χ0n) is 11.7. The van der Waals surface area contributed by atoms with Gasteiger partial charge in [-0.15, -0.1) is 0 Å². The van der Waals surface area contributed by atoms with E-state index in [9.17, 15) is 4.79 Å². The van der Waals surface area contributed by atoms with Gasteiger partial charge >= 0.3 is 5.97 Å². The molecule has 1 heterocycles. The largest absolute Gasteiger partial charge is 0.465 e. The molecule has 1 aliphatic heterocycles. The summed E-state index contributed by atoms with van der Waals surface area (Å²) >= 11 is 5.05. The van der Waals surface area contributed by atoms with Crippen LogP contribution in [0.2, 0.25) is 0 Å². The minimum absolute atomic E-state index is 0.297. The maximum absolute atomic E-state index is 11.4. The Hall–Kier alpha value is -1.46. The maximum Gasteiger partial charge on any atom is 0.337 e. The molecule has 0 aromatic heterocycles. The first kappa shape index (κ1) is 14.9.